The van der Waals surface area contributed by atoms with E-state index in [1.807, 2.05) is 0 Å². The number of halogens is 3. The highest BCUT2D eigenvalue weighted by atomic mass is 32.2. The molecule has 10 heteroatoms. The number of alkyl halides is 3. The Balaban J connectivity index is 2.17. The second-order valence-corrected chi connectivity index (χ2v) is 6.73. The molecule has 0 aliphatic heterocycles. The van der Waals surface area contributed by atoms with E-state index >= 15 is 0 Å². The Bertz CT molecular complexity index is 754. The minimum absolute atomic E-state index is 0.152. The Kier molecular flexibility index (Phi) is 4.25. The molecule has 0 aliphatic carbocycles. The van der Waals surface area contributed by atoms with Gasteiger partial charge in [-0.1, -0.05) is 29.4 Å². The summed E-state index contributed by atoms with van der Waals surface area (Å²) in [7, 11) is -1.88. The average molecular weight is 335 g/mol. The van der Waals surface area contributed by atoms with E-state index in [0.717, 1.165) is 10.6 Å². The van der Waals surface area contributed by atoms with Gasteiger partial charge in [-0.25, -0.2) is 12.7 Å². The molecular weight excluding hydrogens is 323 g/mol. The van der Waals surface area contributed by atoms with Crippen molar-refractivity contribution in [3.63, 3.8) is 0 Å². The number of hydrogen-bond donors (Lipinski definition) is 0. The lowest BCUT2D eigenvalue weighted by Gasteiger charge is -2.13. The topological polar surface area (TPSA) is 76.3 Å². The lowest BCUT2D eigenvalue weighted by Crippen LogP contribution is -2.24. The maximum Gasteiger partial charge on any atom is 0.471 e. The SMILES string of the molecule is CN(Cc1ccc(-c2noc(C(F)(F)F)n2)cc1)S(C)(=O)=O. The first-order valence-corrected chi connectivity index (χ1v) is 7.84. The molecule has 0 bridgehead atoms. The van der Waals surface area contributed by atoms with E-state index in [0.29, 0.717) is 11.1 Å². The van der Waals surface area contributed by atoms with Crippen LogP contribution in [0.3, 0.4) is 0 Å². The van der Waals surface area contributed by atoms with Crippen molar-refractivity contribution in [3.05, 3.63) is 35.7 Å². The summed E-state index contributed by atoms with van der Waals surface area (Å²) in [6, 6.07) is 6.16. The first kappa shape index (κ1) is 16.4. The number of benzene rings is 1. The van der Waals surface area contributed by atoms with Gasteiger partial charge in [0.25, 0.3) is 0 Å². The normalized spacial score (nSPS) is 12.8. The molecule has 0 atom stereocenters. The van der Waals surface area contributed by atoms with Crippen LogP contribution in [0.4, 0.5) is 13.2 Å². The van der Waals surface area contributed by atoms with Crippen molar-refractivity contribution >= 4 is 10.0 Å². The molecule has 1 heterocycles. The molecule has 2 aromatic rings. The number of aromatic nitrogens is 2. The second-order valence-electron chi connectivity index (χ2n) is 4.64. The van der Waals surface area contributed by atoms with Crippen LogP contribution >= 0.6 is 0 Å². The third-order valence-corrected chi connectivity index (χ3v) is 4.11. The molecule has 6 nitrogen and oxygen atoms in total. The van der Waals surface area contributed by atoms with Crippen molar-refractivity contribution in [1.29, 1.82) is 0 Å². The summed E-state index contributed by atoms with van der Waals surface area (Å²) in [5.41, 5.74) is 1.02. The van der Waals surface area contributed by atoms with E-state index in [1.54, 1.807) is 12.1 Å². The van der Waals surface area contributed by atoms with Gasteiger partial charge in [-0.15, -0.1) is 0 Å². The Morgan fingerprint density at radius 3 is 2.27 bits per heavy atom. The van der Waals surface area contributed by atoms with E-state index in [9.17, 15) is 21.6 Å². The fourth-order valence-corrected chi connectivity index (χ4v) is 1.97. The lowest BCUT2D eigenvalue weighted by atomic mass is 10.1. The molecular formula is C12H12F3N3O3S. The molecule has 120 valence electrons. The van der Waals surface area contributed by atoms with Gasteiger partial charge in [-0.2, -0.15) is 18.2 Å². The maximum absolute atomic E-state index is 12.4. The van der Waals surface area contributed by atoms with Gasteiger partial charge in [0.15, 0.2) is 0 Å². The smallest absolute Gasteiger partial charge is 0.329 e. The lowest BCUT2D eigenvalue weighted by molar-refractivity contribution is -0.159. The van der Waals surface area contributed by atoms with Crippen LogP contribution in [0.25, 0.3) is 11.4 Å². The number of nitrogens with zero attached hydrogens (tertiary/aromatic N) is 3. The predicted molar refractivity (Wildman–Crippen MR) is 71.0 cm³/mol. The average Bonchev–Trinajstić information content (AvgIpc) is 2.88. The third-order valence-electron chi connectivity index (χ3n) is 2.85. The highest BCUT2D eigenvalue weighted by molar-refractivity contribution is 7.88. The summed E-state index contributed by atoms with van der Waals surface area (Å²) in [6.07, 6.45) is -3.61. The summed E-state index contributed by atoms with van der Waals surface area (Å²) in [6.45, 7) is 0.152. The predicted octanol–water partition coefficient (Wildman–Crippen LogP) is 2.15. The maximum atomic E-state index is 12.4. The van der Waals surface area contributed by atoms with E-state index in [4.69, 9.17) is 0 Å². The molecule has 0 N–H and O–H groups in total. The van der Waals surface area contributed by atoms with Crippen molar-refractivity contribution < 1.29 is 26.1 Å². The molecule has 1 aromatic carbocycles. The van der Waals surface area contributed by atoms with Crippen LogP contribution in [0, 0.1) is 0 Å². The monoisotopic (exact) mass is 335 g/mol. The van der Waals surface area contributed by atoms with Gasteiger partial charge in [0.05, 0.1) is 6.26 Å². The summed E-state index contributed by atoms with van der Waals surface area (Å²) in [5.74, 6) is -1.60. The van der Waals surface area contributed by atoms with E-state index < -0.39 is 22.1 Å². The van der Waals surface area contributed by atoms with Crippen LogP contribution in [-0.4, -0.2) is 36.2 Å². The van der Waals surface area contributed by atoms with Gasteiger partial charge in [0.1, 0.15) is 0 Å². The Hall–Kier alpha value is -1.94. The summed E-state index contributed by atoms with van der Waals surface area (Å²) in [5, 5.41) is 3.27. The van der Waals surface area contributed by atoms with Crippen LogP contribution in [0.2, 0.25) is 0 Å². The summed E-state index contributed by atoms with van der Waals surface area (Å²) in [4.78, 5) is 3.27. The second kappa shape index (κ2) is 5.69. The van der Waals surface area contributed by atoms with Crippen LogP contribution in [0.5, 0.6) is 0 Å². The van der Waals surface area contributed by atoms with Crippen LogP contribution < -0.4 is 0 Å². The Morgan fingerprint density at radius 1 is 1.23 bits per heavy atom. The molecule has 2 rings (SSSR count). The zero-order valence-electron chi connectivity index (χ0n) is 11.6. The van der Waals surface area contributed by atoms with Crippen molar-refractivity contribution in [2.45, 2.75) is 12.7 Å². The highest BCUT2D eigenvalue weighted by Gasteiger charge is 2.38. The first-order valence-electron chi connectivity index (χ1n) is 5.99. The molecule has 0 unspecified atom stereocenters. The molecule has 0 amide bonds. The molecule has 0 saturated heterocycles. The van der Waals surface area contributed by atoms with Gasteiger partial charge < -0.3 is 4.52 Å². The van der Waals surface area contributed by atoms with Crippen molar-refractivity contribution in [3.8, 4) is 11.4 Å². The molecule has 1 aromatic heterocycles. The van der Waals surface area contributed by atoms with Gasteiger partial charge in [-0.05, 0) is 5.56 Å². The molecule has 0 fully saturated rings. The zero-order valence-corrected chi connectivity index (χ0v) is 12.4. The Morgan fingerprint density at radius 2 is 1.82 bits per heavy atom. The van der Waals surface area contributed by atoms with Crippen molar-refractivity contribution in [1.82, 2.24) is 14.4 Å². The van der Waals surface area contributed by atoms with Crippen LogP contribution in [0.1, 0.15) is 11.5 Å². The fraction of sp³-hybridized carbons (Fsp3) is 0.333. The fourth-order valence-electron chi connectivity index (χ4n) is 1.59. The highest BCUT2D eigenvalue weighted by Crippen LogP contribution is 2.29. The van der Waals surface area contributed by atoms with E-state index in [-0.39, 0.29) is 12.4 Å². The van der Waals surface area contributed by atoms with E-state index in [1.165, 1.54) is 19.2 Å². The van der Waals surface area contributed by atoms with Crippen LogP contribution in [0.15, 0.2) is 28.8 Å². The summed E-state index contributed by atoms with van der Waals surface area (Å²) < 4.78 is 65.0. The van der Waals surface area contributed by atoms with Crippen molar-refractivity contribution in [2.24, 2.45) is 0 Å². The van der Waals surface area contributed by atoms with Crippen molar-refractivity contribution in [2.75, 3.05) is 13.3 Å². The van der Waals surface area contributed by atoms with Gasteiger partial charge in [-0.3, -0.25) is 0 Å². The number of rotatable bonds is 4. The third kappa shape index (κ3) is 3.83. The zero-order chi connectivity index (χ0) is 16.5. The largest absolute Gasteiger partial charge is 0.471 e. The number of sulfonamides is 1. The molecule has 0 spiro atoms. The van der Waals surface area contributed by atoms with Gasteiger partial charge >= 0.3 is 12.1 Å². The Labute approximate surface area is 124 Å². The standard InChI is InChI=1S/C12H12F3N3O3S/c1-18(22(2,19)20)7-8-3-5-9(6-4-8)10-16-11(21-17-10)12(13,14)15/h3-6H,7H2,1-2H3. The van der Waals surface area contributed by atoms with Crippen LogP contribution in [-0.2, 0) is 22.7 Å². The molecule has 0 radical (unpaired) electrons. The van der Waals surface area contributed by atoms with Gasteiger partial charge in [0, 0.05) is 19.2 Å². The molecule has 0 aliphatic rings. The van der Waals surface area contributed by atoms with E-state index in [2.05, 4.69) is 14.7 Å². The number of hydrogen-bond acceptors (Lipinski definition) is 5. The molecule has 22 heavy (non-hydrogen) atoms. The van der Waals surface area contributed by atoms with Gasteiger partial charge in [0.2, 0.25) is 15.8 Å². The molecule has 0 saturated carbocycles. The minimum Gasteiger partial charge on any atom is -0.329 e. The minimum atomic E-state index is -4.69. The first-order chi connectivity index (χ1) is 10.1. The quantitative estimate of drug-likeness (QED) is 0.856. The summed E-state index contributed by atoms with van der Waals surface area (Å²) >= 11 is 0.